The molecule has 0 saturated carbocycles. The van der Waals surface area contributed by atoms with E-state index in [0.29, 0.717) is 17.7 Å². The Morgan fingerprint density at radius 2 is 1.67 bits per heavy atom. The van der Waals surface area contributed by atoms with Gasteiger partial charge in [0.05, 0.1) is 11.6 Å². The number of hydrogen-bond donors (Lipinski definition) is 1. The quantitative estimate of drug-likeness (QED) is 0.693. The van der Waals surface area contributed by atoms with Gasteiger partial charge in [-0.1, -0.05) is 36.4 Å². The van der Waals surface area contributed by atoms with E-state index >= 15 is 0 Å². The molecule has 0 spiro atoms. The first-order valence-corrected chi connectivity index (χ1v) is 6.02. The molecule has 0 aliphatic heterocycles. The van der Waals surface area contributed by atoms with Gasteiger partial charge in [0.2, 0.25) is 0 Å². The van der Waals surface area contributed by atoms with Crippen LogP contribution in [0, 0.1) is 5.82 Å². The SMILES string of the molecule is NC(C(=O)c1ccc(C(F)(F)F)c(F)c1)c1ccccc1. The summed E-state index contributed by atoms with van der Waals surface area (Å²) in [5.74, 6) is -2.14. The van der Waals surface area contributed by atoms with E-state index in [-0.39, 0.29) is 5.56 Å². The van der Waals surface area contributed by atoms with Crippen LogP contribution in [0.15, 0.2) is 48.5 Å². The minimum Gasteiger partial charge on any atom is -0.318 e. The van der Waals surface area contributed by atoms with E-state index in [1.54, 1.807) is 30.3 Å². The second-order valence-corrected chi connectivity index (χ2v) is 4.44. The second-order valence-electron chi connectivity index (χ2n) is 4.44. The fourth-order valence-corrected chi connectivity index (χ4v) is 1.89. The number of halogens is 4. The Kier molecular flexibility index (Phi) is 4.09. The highest BCUT2D eigenvalue weighted by molar-refractivity contribution is 6.00. The van der Waals surface area contributed by atoms with E-state index in [0.717, 1.165) is 6.07 Å². The maximum Gasteiger partial charge on any atom is 0.419 e. The van der Waals surface area contributed by atoms with Gasteiger partial charge < -0.3 is 5.73 Å². The molecule has 0 amide bonds. The van der Waals surface area contributed by atoms with Crippen LogP contribution in [0.4, 0.5) is 17.6 Å². The predicted octanol–water partition coefficient (Wildman–Crippen LogP) is 3.73. The summed E-state index contributed by atoms with van der Waals surface area (Å²) in [6, 6.07) is 9.30. The monoisotopic (exact) mass is 297 g/mol. The number of alkyl halides is 3. The lowest BCUT2D eigenvalue weighted by Gasteiger charge is -2.13. The van der Waals surface area contributed by atoms with E-state index in [4.69, 9.17) is 5.73 Å². The van der Waals surface area contributed by atoms with Crippen molar-refractivity contribution < 1.29 is 22.4 Å². The second kappa shape index (κ2) is 5.65. The van der Waals surface area contributed by atoms with Crippen LogP contribution in [-0.4, -0.2) is 5.78 Å². The van der Waals surface area contributed by atoms with Gasteiger partial charge in [-0.2, -0.15) is 13.2 Å². The molecule has 0 bridgehead atoms. The Labute approximate surface area is 118 Å². The normalized spacial score (nSPS) is 13.0. The van der Waals surface area contributed by atoms with E-state index in [2.05, 4.69) is 0 Å². The van der Waals surface area contributed by atoms with Crippen molar-refractivity contribution in [2.24, 2.45) is 5.73 Å². The number of carbonyl (C=O) groups is 1. The third-order valence-corrected chi connectivity index (χ3v) is 3.00. The molecule has 0 aliphatic rings. The summed E-state index contributed by atoms with van der Waals surface area (Å²) in [6.45, 7) is 0. The van der Waals surface area contributed by atoms with E-state index in [1.807, 2.05) is 0 Å². The van der Waals surface area contributed by atoms with E-state index in [1.165, 1.54) is 0 Å². The van der Waals surface area contributed by atoms with Crippen LogP contribution in [-0.2, 0) is 6.18 Å². The standard InChI is InChI=1S/C15H11F4NO/c16-12-8-10(6-7-11(12)15(17,18)19)14(21)13(20)9-4-2-1-3-5-9/h1-8,13H,20H2. The zero-order chi connectivity index (χ0) is 15.6. The van der Waals surface area contributed by atoms with Crippen LogP contribution in [0.1, 0.15) is 27.5 Å². The number of hydrogen-bond acceptors (Lipinski definition) is 2. The average Bonchev–Trinajstić information content (AvgIpc) is 2.45. The number of benzene rings is 2. The number of Topliss-reactive ketones (excluding diaryl/α,β-unsaturated/α-hetero) is 1. The first-order valence-electron chi connectivity index (χ1n) is 6.02. The van der Waals surface area contributed by atoms with Crippen molar-refractivity contribution in [3.8, 4) is 0 Å². The average molecular weight is 297 g/mol. The van der Waals surface area contributed by atoms with Gasteiger partial charge in [0.25, 0.3) is 0 Å². The zero-order valence-electron chi connectivity index (χ0n) is 10.7. The molecule has 2 aromatic rings. The molecular formula is C15H11F4NO. The molecule has 0 fully saturated rings. The molecule has 2 N–H and O–H groups in total. The molecule has 2 nitrogen and oxygen atoms in total. The maximum absolute atomic E-state index is 13.5. The third kappa shape index (κ3) is 3.28. The molecular weight excluding hydrogens is 286 g/mol. The molecule has 0 aliphatic carbocycles. The summed E-state index contributed by atoms with van der Waals surface area (Å²) in [5, 5.41) is 0. The van der Waals surface area contributed by atoms with Crippen molar-refractivity contribution in [1.82, 2.24) is 0 Å². The Bertz CT molecular complexity index is 652. The fraction of sp³-hybridized carbons (Fsp3) is 0.133. The van der Waals surface area contributed by atoms with Crippen LogP contribution in [0.25, 0.3) is 0 Å². The summed E-state index contributed by atoms with van der Waals surface area (Å²) in [4.78, 5) is 12.1. The zero-order valence-corrected chi connectivity index (χ0v) is 10.7. The minimum atomic E-state index is -4.80. The molecule has 21 heavy (non-hydrogen) atoms. The Morgan fingerprint density at radius 3 is 2.19 bits per heavy atom. The molecule has 0 radical (unpaired) electrons. The summed E-state index contributed by atoms with van der Waals surface area (Å²) in [7, 11) is 0. The maximum atomic E-state index is 13.5. The Morgan fingerprint density at radius 1 is 1.05 bits per heavy atom. The van der Waals surface area contributed by atoms with Crippen LogP contribution < -0.4 is 5.73 Å². The van der Waals surface area contributed by atoms with Gasteiger partial charge >= 0.3 is 6.18 Å². The largest absolute Gasteiger partial charge is 0.419 e. The van der Waals surface area contributed by atoms with Crippen molar-refractivity contribution in [1.29, 1.82) is 0 Å². The molecule has 110 valence electrons. The lowest BCUT2D eigenvalue weighted by atomic mass is 9.97. The topological polar surface area (TPSA) is 43.1 Å². The van der Waals surface area contributed by atoms with Crippen LogP contribution >= 0.6 is 0 Å². The molecule has 6 heteroatoms. The van der Waals surface area contributed by atoms with Gasteiger partial charge in [0.1, 0.15) is 5.82 Å². The van der Waals surface area contributed by atoms with Gasteiger partial charge in [0, 0.05) is 5.56 Å². The van der Waals surface area contributed by atoms with Crippen molar-refractivity contribution >= 4 is 5.78 Å². The summed E-state index contributed by atoms with van der Waals surface area (Å²) in [6.07, 6.45) is -4.80. The summed E-state index contributed by atoms with van der Waals surface area (Å²) >= 11 is 0. The Hall–Kier alpha value is -2.21. The van der Waals surface area contributed by atoms with Gasteiger partial charge in [-0.25, -0.2) is 4.39 Å². The first kappa shape index (κ1) is 15.2. The molecule has 0 aromatic heterocycles. The third-order valence-electron chi connectivity index (χ3n) is 3.00. The molecule has 0 heterocycles. The van der Waals surface area contributed by atoms with Gasteiger partial charge in [-0.15, -0.1) is 0 Å². The van der Waals surface area contributed by atoms with Crippen molar-refractivity contribution in [2.75, 3.05) is 0 Å². The van der Waals surface area contributed by atoms with Gasteiger partial charge in [-0.05, 0) is 17.7 Å². The summed E-state index contributed by atoms with van der Waals surface area (Å²) < 4.78 is 50.8. The van der Waals surface area contributed by atoms with E-state index in [9.17, 15) is 22.4 Å². The van der Waals surface area contributed by atoms with Crippen molar-refractivity contribution in [3.63, 3.8) is 0 Å². The van der Waals surface area contributed by atoms with Gasteiger partial charge in [0.15, 0.2) is 5.78 Å². The summed E-state index contributed by atoms with van der Waals surface area (Å²) in [5.41, 5.74) is 4.65. The van der Waals surface area contributed by atoms with Gasteiger partial charge in [-0.3, -0.25) is 4.79 Å². The van der Waals surface area contributed by atoms with Crippen LogP contribution in [0.5, 0.6) is 0 Å². The molecule has 1 atom stereocenters. The highest BCUT2D eigenvalue weighted by Gasteiger charge is 2.34. The predicted molar refractivity (Wildman–Crippen MR) is 69.1 cm³/mol. The lowest BCUT2D eigenvalue weighted by molar-refractivity contribution is -0.140. The highest BCUT2D eigenvalue weighted by Crippen LogP contribution is 2.32. The number of ketones is 1. The molecule has 2 rings (SSSR count). The fourth-order valence-electron chi connectivity index (χ4n) is 1.89. The van der Waals surface area contributed by atoms with E-state index < -0.39 is 29.4 Å². The lowest BCUT2D eigenvalue weighted by Crippen LogP contribution is -2.22. The van der Waals surface area contributed by atoms with Crippen molar-refractivity contribution in [2.45, 2.75) is 12.2 Å². The van der Waals surface area contributed by atoms with Crippen molar-refractivity contribution in [3.05, 3.63) is 71.0 Å². The minimum absolute atomic E-state index is 0.197. The smallest absolute Gasteiger partial charge is 0.318 e. The number of carbonyl (C=O) groups excluding carboxylic acids is 1. The highest BCUT2D eigenvalue weighted by atomic mass is 19.4. The Balaban J connectivity index is 2.31. The molecule has 1 unspecified atom stereocenters. The van der Waals surface area contributed by atoms with Crippen LogP contribution in [0.2, 0.25) is 0 Å². The molecule has 0 saturated heterocycles. The molecule has 2 aromatic carbocycles. The van der Waals surface area contributed by atoms with Crippen LogP contribution in [0.3, 0.4) is 0 Å². The number of nitrogens with two attached hydrogens (primary N) is 1. The first-order chi connectivity index (χ1) is 9.80. The number of rotatable bonds is 3.